The number of amides is 1. The van der Waals surface area contributed by atoms with Crippen LogP contribution in [0.15, 0.2) is 24.3 Å². The molecule has 0 aliphatic carbocycles. The molecule has 2 rings (SSSR count). The van der Waals surface area contributed by atoms with E-state index in [0.717, 1.165) is 13.1 Å². The highest BCUT2D eigenvalue weighted by atomic mass is 16.5. The number of aryl methyl sites for hydroxylation is 1. The summed E-state index contributed by atoms with van der Waals surface area (Å²) in [5.74, 6) is 0.685. The van der Waals surface area contributed by atoms with Crippen molar-refractivity contribution in [3.05, 3.63) is 35.4 Å². The van der Waals surface area contributed by atoms with Crippen molar-refractivity contribution < 1.29 is 9.53 Å². The average molecular weight is 261 g/mol. The van der Waals surface area contributed by atoms with Gasteiger partial charge < -0.3 is 9.64 Å². The lowest BCUT2D eigenvalue weighted by Gasteiger charge is -2.39. The Kier molecular flexibility index (Phi) is 4.59. The largest absolute Gasteiger partial charge is 0.370 e. The summed E-state index contributed by atoms with van der Waals surface area (Å²) in [7, 11) is 0. The minimum absolute atomic E-state index is 0.206. The Morgan fingerprint density at radius 3 is 2.53 bits per heavy atom. The van der Waals surface area contributed by atoms with Gasteiger partial charge in [0.2, 0.25) is 5.91 Å². The molecule has 1 amide bonds. The molecule has 104 valence electrons. The van der Waals surface area contributed by atoms with Gasteiger partial charge in [-0.2, -0.15) is 0 Å². The van der Waals surface area contributed by atoms with Crippen LogP contribution in [0.5, 0.6) is 0 Å². The van der Waals surface area contributed by atoms with Crippen LogP contribution in [0.2, 0.25) is 0 Å². The predicted octanol–water partition coefficient (Wildman–Crippen LogP) is 2.77. The van der Waals surface area contributed by atoms with E-state index >= 15 is 0 Å². The second-order valence-electron chi connectivity index (χ2n) is 5.82. The van der Waals surface area contributed by atoms with Crippen LogP contribution in [0.3, 0.4) is 0 Å². The number of ether oxygens (including phenoxy) is 1. The van der Waals surface area contributed by atoms with Crippen molar-refractivity contribution >= 4 is 5.91 Å². The molecule has 3 nitrogen and oxygen atoms in total. The van der Waals surface area contributed by atoms with Gasteiger partial charge >= 0.3 is 0 Å². The zero-order valence-electron chi connectivity index (χ0n) is 12.1. The topological polar surface area (TPSA) is 29.5 Å². The molecule has 0 radical (unpaired) electrons. The SMILES string of the molecule is Cc1ccc(COC2CN(C(=O)CC(C)C)C2)cc1. The quantitative estimate of drug-likeness (QED) is 0.815. The van der Waals surface area contributed by atoms with Crippen molar-refractivity contribution in [2.45, 2.75) is 39.9 Å². The highest BCUT2D eigenvalue weighted by Gasteiger charge is 2.31. The molecule has 1 heterocycles. The first-order valence-corrected chi connectivity index (χ1v) is 6.99. The van der Waals surface area contributed by atoms with E-state index in [0.29, 0.717) is 18.9 Å². The monoisotopic (exact) mass is 261 g/mol. The Labute approximate surface area is 115 Å². The molecule has 0 bridgehead atoms. The zero-order valence-corrected chi connectivity index (χ0v) is 12.1. The van der Waals surface area contributed by atoms with Crippen molar-refractivity contribution in [2.24, 2.45) is 5.92 Å². The maximum absolute atomic E-state index is 11.8. The van der Waals surface area contributed by atoms with Gasteiger partial charge in [-0.3, -0.25) is 4.79 Å². The predicted molar refractivity (Wildman–Crippen MR) is 75.8 cm³/mol. The highest BCUT2D eigenvalue weighted by Crippen LogP contribution is 2.17. The van der Waals surface area contributed by atoms with E-state index in [1.165, 1.54) is 11.1 Å². The molecule has 1 aliphatic heterocycles. The molecule has 3 heteroatoms. The number of likely N-dealkylation sites (tertiary alicyclic amines) is 1. The molecule has 0 atom stereocenters. The van der Waals surface area contributed by atoms with Gasteiger partial charge in [0.25, 0.3) is 0 Å². The molecule has 0 saturated carbocycles. The Morgan fingerprint density at radius 2 is 1.95 bits per heavy atom. The summed E-state index contributed by atoms with van der Waals surface area (Å²) in [6.07, 6.45) is 0.849. The molecule has 1 fully saturated rings. The van der Waals surface area contributed by atoms with Gasteiger partial charge in [0.05, 0.1) is 12.7 Å². The van der Waals surface area contributed by atoms with Crippen LogP contribution in [0.25, 0.3) is 0 Å². The summed E-state index contributed by atoms with van der Waals surface area (Å²) in [5.41, 5.74) is 2.45. The van der Waals surface area contributed by atoms with E-state index in [4.69, 9.17) is 4.74 Å². The van der Waals surface area contributed by atoms with Crippen molar-refractivity contribution in [2.75, 3.05) is 13.1 Å². The lowest BCUT2D eigenvalue weighted by atomic mass is 10.1. The Bertz CT molecular complexity index is 419. The third-order valence-electron chi connectivity index (χ3n) is 3.39. The van der Waals surface area contributed by atoms with Gasteiger partial charge in [0, 0.05) is 19.5 Å². The van der Waals surface area contributed by atoms with Crippen molar-refractivity contribution in [3.8, 4) is 0 Å². The van der Waals surface area contributed by atoms with E-state index in [-0.39, 0.29) is 12.0 Å². The van der Waals surface area contributed by atoms with Gasteiger partial charge in [-0.1, -0.05) is 43.7 Å². The summed E-state index contributed by atoms with van der Waals surface area (Å²) in [6, 6.07) is 8.38. The van der Waals surface area contributed by atoms with E-state index in [1.54, 1.807) is 0 Å². The van der Waals surface area contributed by atoms with Gasteiger partial charge in [0.15, 0.2) is 0 Å². The normalized spacial score (nSPS) is 15.7. The summed E-state index contributed by atoms with van der Waals surface area (Å²) < 4.78 is 5.80. The molecule has 1 aromatic carbocycles. The van der Waals surface area contributed by atoms with Crippen LogP contribution in [0.1, 0.15) is 31.4 Å². The van der Waals surface area contributed by atoms with E-state index in [1.807, 2.05) is 4.90 Å². The summed E-state index contributed by atoms with van der Waals surface area (Å²) in [5, 5.41) is 0. The first-order valence-electron chi connectivity index (χ1n) is 6.99. The summed E-state index contributed by atoms with van der Waals surface area (Å²) in [4.78, 5) is 13.7. The van der Waals surface area contributed by atoms with Gasteiger partial charge in [0.1, 0.15) is 0 Å². The fourth-order valence-corrected chi connectivity index (χ4v) is 2.12. The van der Waals surface area contributed by atoms with Crippen LogP contribution < -0.4 is 0 Å². The molecule has 1 aromatic rings. The first kappa shape index (κ1) is 14.1. The zero-order chi connectivity index (χ0) is 13.8. The van der Waals surface area contributed by atoms with Crippen molar-refractivity contribution in [1.29, 1.82) is 0 Å². The van der Waals surface area contributed by atoms with Gasteiger partial charge in [-0.05, 0) is 18.4 Å². The summed E-state index contributed by atoms with van der Waals surface area (Å²) >= 11 is 0. The highest BCUT2D eigenvalue weighted by molar-refractivity contribution is 5.77. The van der Waals surface area contributed by atoms with Gasteiger partial charge in [-0.25, -0.2) is 0 Å². The molecule has 1 aliphatic rings. The van der Waals surface area contributed by atoms with E-state index in [9.17, 15) is 4.79 Å². The van der Waals surface area contributed by atoms with Crippen LogP contribution in [0.4, 0.5) is 0 Å². The van der Waals surface area contributed by atoms with Crippen molar-refractivity contribution in [1.82, 2.24) is 4.90 Å². The van der Waals surface area contributed by atoms with E-state index < -0.39 is 0 Å². The van der Waals surface area contributed by atoms with Crippen LogP contribution >= 0.6 is 0 Å². The Morgan fingerprint density at radius 1 is 1.32 bits per heavy atom. The number of benzene rings is 1. The molecule has 0 N–H and O–H groups in total. The Balaban J connectivity index is 1.68. The first-order chi connectivity index (χ1) is 9.04. The van der Waals surface area contributed by atoms with E-state index in [2.05, 4.69) is 45.0 Å². The third-order valence-corrected chi connectivity index (χ3v) is 3.39. The minimum Gasteiger partial charge on any atom is -0.370 e. The minimum atomic E-state index is 0.206. The maximum Gasteiger partial charge on any atom is 0.223 e. The molecular weight excluding hydrogens is 238 g/mol. The second kappa shape index (κ2) is 6.20. The second-order valence-corrected chi connectivity index (χ2v) is 5.82. The number of hydrogen-bond acceptors (Lipinski definition) is 2. The molecular formula is C16H23NO2. The number of carbonyl (C=O) groups excluding carboxylic acids is 1. The van der Waals surface area contributed by atoms with Gasteiger partial charge in [-0.15, -0.1) is 0 Å². The fourth-order valence-electron chi connectivity index (χ4n) is 2.12. The smallest absolute Gasteiger partial charge is 0.223 e. The number of hydrogen-bond donors (Lipinski definition) is 0. The molecule has 0 spiro atoms. The number of rotatable bonds is 5. The maximum atomic E-state index is 11.8. The van der Waals surface area contributed by atoms with Crippen LogP contribution in [-0.4, -0.2) is 30.0 Å². The number of nitrogens with zero attached hydrogens (tertiary/aromatic N) is 1. The molecule has 1 saturated heterocycles. The third kappa shape index (κ3) is 4.06. The summed E-state index contributed by atoms with van der Waals surface area (Å²) in [6.45, 7) is 8.35. The lowest BCUT2D eigenvalue weighted by molar-refractivity contribution is -0.146. The lowest BCUT2D eigenvalue weighted by Crippen LogP contribution is -2.54. The molecule has 19 heavy (non-hydrogen) atoms. The Hall–Kier alpha value is -1.35. The van der Waals surface area contributed by atoms with Crippen molar-refractivity contribution in [3.63, 3.8) is 0 Å². The molecule has 0 aromatic heterocycles. The van der Waals surface area contributed by atoms with Crippen LogP contribution in [0, 0.1) is 12.8 Å². The fraction of sp³-hybridized carbons (Fsp3) is 0.562. The average Bonchev–Trinajstić information content (AvgIpc) is 2.28. The standard InChI is InChI=1S/C16H23NO2/c1-12(2)8-16(18)17-9-15(10-17)19-11-14-6-4-13(3)5-7-14/h4-7,12,15H,8-11H2,1-3H3. The number of carbonyl (C=O) groups is 1. The van der Waals surface area contributed by atoms with Crippen LogP contribution in [-0.2, 0) is 16.1 Å². The molecule has 0 unspecified atom stereocenters.